The Bertz CT molecular complexity index is 921. The molecule has 0 atom stereocenters. The number of anilines is 2. The quantitative estimate of drug-likeness (QED) is 0.760. The number of hydrogen-bond acceptors (Lipinski definition) is 6. The fourth-order valence-electron chi connectivity index (χ4n) is 3.73. The largest absolute Gasteiger partial charge is 0.378 e. The molecule has 3 heterocycles. The van der Waals surface area contributed by atoms with E-state index in [-0.39, 0.29) is 24.6 Å². The zero-order valence-electron chi connectivity index (χ0n) is 16.0. The molecule has 0 aliphatic carbocycles. The first kappa shape index (κ1) is 18.6. The molecule has 28 heavy (non-hydrogen) atoms. The average Bonchev–Trinajstić information content (AvgIpc) is 3.15. The number of methoxy groups -OCH3 is 1. The Kier molecular flexibility index (Phi) is 5.40. The summed E-state index contributed by atoms with van der Waals surface area (Å²) < 4.78 is 12.0. The summed E-state index contributed by atoms with van der Waals surface area (Å²) in [6.45, 7) is 3.23. The summed E-state index contributed by atoms with van der Waals surface area (Å²) in [5.74, 6) is 0.395. The van der Waals surface area contributed by atoms with E-state index in [2.05, 4.69) is 4.98 Å². The SMILES string of the molecule is COCc1cc(=O)n(CC(=O)N2CCc3ccccc32)c(N2CCOCC2)n1. The molecule has 2 aromatic rings. The molecule has 0 radical (unpaired) electrons. The molecule has 0 spiro atoms. The summed E-state index contributed by atoms with van der Waals surface area (Å²) in [6.07, 6.45) is 0.832. The topological polar surface area (TPSA) is 76.9 Å². The van der Waals surface area contributed by atoms with Crippen molar-refractivity contribution in [2.75, 3.05) is 49.8 Å². The second-order valence-electron chi connectivity index (χ2n) is 6.93. The van der Waals surface area contributed by atoms with Gasteiger partial charge in [-0.1, -0.05) is 18.2 Å². The molecule has 1 fully saturated rings. The first-order chi connectivity index (χ1) is 13.7. The van der Waals surface area contributed by atoms with Crippen LogP contribution in [0.4, 0.5) is 11.6 Å². The number of fused-ring (bicyclic) bond motifs is 1. The van der Waals surface area contributed by atoms with Crippen LogP contribution in [0.1, 0.15) is 11.3 Å². The fourth-order valence-corrected chi connectivity index (χ4v) is 3.73. The second-order valence-corrected chi connectivity index (χ2v) is 6.93. The van der Waals surface area contributed by atoms with Crippen molar-refractivity contribution in [3.05, 3.63) is 51.9 Å². The van der Waals surface area contributed by atoms with Crippen LogP contribution in [-0.4, -0.2) is 55.4 Å². The van der Waals surface area contributed by atoms with E-state index in [0.29, 0.717) is 44.5 Å². The molecule has 0 saturated carbocycles. The van der Waals surface area contributed by atoms with E-state index in [1.54, 1.807) is 12.0 Å². The van der Waals surface area contributed by atoms with Gasteiger partial charge in [0.2, 0.25) is 11.9 Å². The van der Waals surface area contributed by atoms with Gasteiger partial charge in [-0.2, -0.15) is 0 Å². The number of rotatable bonds is 5. The van der Waals surface area contributed by atoms with Crippen LogP contribution in [-0.2, 0) is 33.8 Å². The lowest BCUT2D eigenvalue weighted by Gasteiger charge is -2.30. The summed E-state index contributed by atoms with van der Waals surface area (Å²) in [5.41, 5.74) is 2.40. The molecule has 1 aromatic heterocycles. The molecule has 1 amide bonds. The summed E-state index contributed by atoms with van der Waals surface area (Å²) in [7, 11) is 1.57. The van der Waals surface area contributed by atoms with Gasteiger partial charge < -0.3 is 19.3 Å². The Hall–Kier alpha value is -2.71. The molecule has 1 saturated heterocycles. The highest BCUT2D eigenvalue weighted by Crippen LogP contribution is 2.27. The first-order valence-electron chi connectivity index (χ1n) is 9.48. The van der Waals surface area contributed by atoms with Crippen LogP contribution in [0.25, 0.3) is 0 Å². The zero-order chi connectivity index (χ0) is 19.5. The van der Waals surface area contributed by atoms with E-state index in [9.17, 15) is 9.59 Å². The minimum atomic E-state index is -0.246. The molecule has 8 nitrogen and oxygen atoms in total. The highest BCUT2D eigenvalue weighted by atomic mass is 16.5. The fraction of sp³-hybridized carbons (Fsp3) is 0.450. The number of morpholine rings is 1. The van der Waals surface area contributed by atoms with Crippen LogP contribution in [0.3, 0.4) is 0 Å². The Balaban J connectivity index is 1.65. The molecule has 1 aromatic carbocycles. The molecular weight excluding hydrogens is 360 g/mol. The van der Waals surface area contributed by atoms with Gasteiger partial charge in [0.1, 0.15) is 6.54 Å². The van der Waals surface area contributed by atoms with Crippen LogP contribution in [0.2, 0.25) is 0 Å². The minimum Gasteiger partial charge on any atom is -0.378 e. The van der Waals surface area contributed by atoms with E-state index >= 15 is 0 Å². The second kappa shape index (κ2) is 8.12. The van der Waals surface area contributed by atoms with Crippen molar-refractivity contribution in [1.29, 1.82) is 0 Å². The third kappa shape index (κ3) is 3.65. The average molecular weight is 384 g/mol. The maximum atomic E-state index is 13.0. The number of para-hydroxylation sites is 1. The molecule has 0 bridgehead atoms. The Labute approximate surface area is 163 Å². The number of ether oxygens (including phenoxy) is 2. The summed E-state index contributed by atoms with van der Waals surface area (Å²) in [5, 5.41) is 0. The van der Waals surface area contributed by atoms with Crippen molar-refractivity contribution in [3.63, 3.8) is 0 Å². The number of hydrogen-bond donors (Lipinski definition) is 0. The Morgan fingerprint density at radius 1 is 1.21 bits per heavy atom. The predicted octanol–water partition coefficient (Wildman–Crippen LogP) is 0.816. The standard InChI is InChI=1S/C20H24N4O4/c1-27-14-16-12-18(25)24(20(21-16)22-8-10-28-11-9-22)13-19(26)23-7-6-15-4-2-3-5-17(15)23/h2-5,12H,6-11,13-14H2,1H3. The van der Waals surface area contributed by atoms with Gasteiger partial charge in [0, 0.05) is 38.5 Å². The van der Waals surface area contributed by atoms with Crippen LogP contribution < -0.4 is 15.4 Å². The minimum absolute atomic E-state index is 0.0415. The third-order valence-corrected chi connectivity index (χ3v) is 5.11. The smallest absolute Gasteiger partial charge is 0.255 e. The van der Waals surface area contributed by atoms with Crippen LogP contribution in [0, 0.1) is 0 Å². The molecule has 0 unspecified atom stereocenters. The van der Waals surface area contributed by atoms with E-state index < -0.39 is 0 Å². The predicted molar refractivity (Wildman–Crippen MR) is 105 cm³/mol. The number of nitrogens with zero attached hydrogens (tertiary/aromatic N) is 4. The first-order valence-corrected chi connectivity index (χ1v) is 9.48. The lowest BCUT2D eigenvalue weighted by molar-refractivity contribution is -0.119. The molecule has 148 valence electrons. The molecule has 8 heteroatoms. The molecule has 2 aliphatic heterocycles. The van der Waals surface area contributed by atoms with Crippen molar-refractivity contribution in [1.82, 2.24) is 9.55 Å². The van der Waals surface area contributed by atoms with Crippen LogP contribution in [0.15, 0.2) is 35.1 Å². The molecule has 0 N–H and O–H groups in total. The Morgan fingerprint density at radius 2 is 2.00 bits per heavy atom. The van der Waals surface area contributed by atoms with Gasteiger partial charge in [-0.3, -0.25) is 14.2 Å². The van der Waals surface area contributed by atoms with E-state index in [1.165, 1.54) is 10.6 Å². The lowest BCUT2D eigenvalue weighted by Crippen LogP contribution is -2.43. The van der Waals surface area contributed by atoms with Crippen LogP contribution >= 0.6 is 0 Å². The van der Waals surface area contributed by atoms with Gasteiger partial charge in [-0.25, -0.2) is 4.98 Å². The number of aromatic nitrogens is 2. The van der Waals surface area contributed by atoms with Gasteiger partial charge in [0.15, 0.2) is 0 Å². The summed E-state index contributed by atoms with van der Waals surface area (Å²) >= 11 is 0. The van der Waals surface area contributed by atoms with E-state index in [0.717, 1.165) is 17.7 Å². The highest BCUT2D eigenvalue weighted by Gasteiger charge is 2.26. The molecule has 4 rings (SSSR count). The number of carbonyl (C=O) groups is 1. The van der Waals surface area contributed by atoms with Gasteiger partial charge in [0.25, 0.3) is 5.56 Å². The van der Waals surface area contributed by atoms with Crippen LogP contribution in [0.5, 0.6) is 0 Å². The maximum absolute atomic E-state index is 13.0. The normalized spacial score (nSPS) is 16.3. The summed E-state index contributed by atoms with van der Waals surface area (Å²) in [4.78, 5) is 34.2. The number of amides is 1. The number of carbonyl (C=O) groups excluding carboxylic acids is 1. The van der Waals surface area contributed by atoms with Crippen molar-refractivity contribution < 1.29 is 14.3 Å². The zero-order valence-corrected chi connectivity index (χ0v) is 16.0. The van der Waals surface area contributed by atoms with Gasteiger partial charge >= 0.3 is 0 Å². The van der Waals surface area contributed by atoms with Crippen molar-refractivity contribution >= 4 is 17.5 Å². The van der Waals surface area contributed by atoms with Gasteiger partial charge in [-0.15, -0.1) is 0 Å². The van der Waals surface area contributed by atoms with Gasteiger partial charge in [-0.05, 0) is 18.1 Å². The lowest BCUT2D eigenvalue weighted by atomic mass is 10.2. The Morgan fingerprint density at radius 3 is 2.79 bits per heavy atom. The summed E-state index contributed by atoms with van der Waals surface area (Å²) in [6, 6.07) is 9.34. The third-order valence-electron chi connectivity index (χ3n) is 5.11. The van der Waals surface area contributed by atoms with Crippen molar-refractivity contribution in [2.24, 2.45) is 0 Å². The molecular formula is C20H24N4O4. The highest BCUT2D eigenvalue weighted by molar-refractivity contribution is 5.95. The van der Waals surface area contributed by atoms with Crippen molar-refractivity contribution in [3.8, 4) is 0 Å². The molecule has 2 aliphatic rings. The van der Waals surface area contributed by atoms with Crippen molar-refractivity contribution in [2.45, 2.75) is 19.6 Å². The van der Waals surface area contributed by atoms with E-state index in [1.807, 2.05) is 29.2 Å². The maximum Gasteiger partial charge on any atom is 0.255 e. The monoisotopic (exact) mass is 384 g/mol. The number of benzene rings is 1. The van der Waals surface area contributed by atoms with E-state index in [4.69, 9.17) is 9.47 Å². The van der Waals surface area contributed by atoms with Gasteiger partial charge in [0.05, 0.1) is 25.5 Å².